The molecule has 0 saturated carbocycles. The molecule has 9 nitrogen and oxygen atoms in total. The molecule has 3 rings (SSSR count). The van der Waals surface area contributed by atoms with Gasteiger partial charge < -0.3 is 30.7 Å². The number of hydrogen-bond acceptors (Lipinski definition) is 6. The van der Waals surface area contributed by atoms with Crippen LogP contribution in [0.3, 0.4) is 0 Å². The number of carbonyl (C=O) groups excluding carboxylic acids is 3. The third-order valence-electron chi connectivity index (χ3n) is 5.73. The minimum absolute atomic E-state index is 0.114. The number of methoxy groups -OCH3 is 1. The number of rotatable bonds is 6. The van der Waals surface area contributed by atoms with E-state index in [4.69, 9.17) is 10.5 Å². The van der Waals surface area contributed by atoms with Gasteiger partial charge in [0.1, 0.15) is 17.3 Å². The summed E-state index contributed by atoms with van der Waals surface area (Å²) in [5.41, 5.74) is 4.97. The number of cyclic esters (lactones) is 1. The Morgan fingerprint density at radius 2 is 2.24 bits per heavy atom. The zero-order chi connectivity index (χ0) is 21.2. The Morgan fingerprint density at radius 1 is 1.48 bits per heavy atom. The van der Waals surface area contributed by atoms with E-state index in [1.54, 1.807) is 19.1 Å². The molecule has 1 aromatic carbocycles. The summed E-state index contributed by atoms with van der Waals surface area (Å²) in [6, 6.07) is 4.51. The predicted molar refractivity (Wildman–Crippen MR) is 102 cm³/mol. The lowest BCUT2D eigenvalue weighted by molar-refractivity contribution is -0.126. The minimum atomic E-state index is -1.36. The summed E-state index contributed by atoms with van der Waals surface area (Å²) in [6.07, 6.45) is -1.15. The van der Waals surface area contributed by atoms with Crippen LogP contribution in [0, 0.1) is 11.7 Å². The summed E-state index contributed by atoms with van der Waals surface area (Å²) in [4.78, 5) is 36.7. The summed E-state index contributed by atoms with van der Waals surface area (Å²) < 4.78 is 24.7. The SMILES string of the molecule is COC(=O)NCC1CCN(c2ccc(C(C)(C(N)=O)C3CNC(=O)O3)cc2F)C1. The van der Waals surface area contributed by atoms with E-state index in [0.717, 1.165) is 6.42 Å². The van der Waals surface area contributed by atoms with Crippen molar-refractivity contribution in [2.24, 2.45) is 11.7 Å². The smallest absolute Gasteiger partial charge is 0.407 e. The molecular formula is C19H25FN4O5. The van der Waals surface area contributed by atoms with Gasteiger partial charge in [-0.2, -0.15) is 0 Å². The first-order chi connectivity index (χ1) is 13.8. The monoisotopic (exact) mass is 408 g/mol. The summed E-state index contributed by atoms with van der Waals surface area (Å²) in [5, 5.41) is 5.15. The summed E-state index contributed by atoms with van der Waals surface area (Å²) in [6.45, 7) is 3.32. The largest absolute Gasteiger partial charge is 0.453 e. The van der Waals surface area contributed by atoms with Crippen LogP contribution in [-0.4, -0.2) is 57.5 Å². The van der Waals surface area contributed by atoms with Gasteiger partial charge in [-0.15, -0.1) is 0 Å². The minimum Gasteiger partial charge on any atom is -0.453 e. The number of hydrogen-bond donors (Lipinski definition) is 3. The van der Waals surface area contributed by atoms with E-state index in [-0.39, 0.29) is 12.5 Å². The highest BCUT2D eigenvalue weighted by Gasteiger charge is 2.47. The van der Waals surface area contributed by atoms with Crippen molar-refractivity contribution in [3.05, 3.63) is 29.6 Å². The number of alkyl carbamates (subject to hydrolysis) is 2. The van der Waals surface area contributed by atoms with E-state index in [9.17, 15) is 18.8 Å². The first-order valence-corrected chi connectivity index (χ1v) is 9.37. The van der Waals surface area contributed by atoms with Crippen LogP contribution in [0.15, 0.2) is 18.2 Å². The first kappa shape index (κ1) is 20.7. The highest BCUT2D eigenvalue weighted by atomic mass is 19.1. The molecule has 2 fully saturated rings. The third-order valence-corrected chi connectivity index (χ3v) is 5.73. The van der Waals surface area contributed by atoms with Gasteiger partial charge in [0.15, 0.2) is 0 Å². The fraction of sp³-hybridized carbons (Fsp3) is 0.526. The van der Waals surface area contributed by atoms with Crippen LogP contribution in [0.25, 0.3) is 0 Å². The molecule has 2 aliphatic rings. The molecular weight excluding hydrogens is 383 g/mol. The number of amides is 3. The van der Waals surface area contributed by atoms with E-state index in [1.807, 2.05) is 4.90 Å². The van der Waals surface area contributed by atoms with Gasteiger partial charge in [-0.3, -0.25) is 4.79 Å². The van der Waals surface area contributed by atoms with Crippen molar-refractivity contribution in [1.82, 2.24) is 10.6 Å². The van der Waals surface area contributed by atoms with Crippen molar-refractivity contribution in [2.75, 3.05) is 38.2 Å². The van der Waals surface area contributed by atoms with Crippen LogP contribution in [0.2, 0.25) is 0 Å². The second-order valence-corrected chi connectivity index (χ2v) is 7.48. The van der Waals surface area contributed by atoms with Crippen LogP contribution in [0.5, 0.6) is 0 Å². The molecule has 0 aromatic heterocycles. The Morgan fingerprint density at radius 3 is 2.83 bits per heavy atom. The van der Waals surface area contributed by atoms with Crippen molar-refractivity contribution >= 4 is 23.8 Å². The highest BCUT2D eigenvalue weighted by Crippen LogP contribution is 2.35. The molecule has 29 heavy (non-hydrogen) atoms. The zero-order valence-corrected chi connectivity index (χ0v) is 16.4. The maximum Gasteiger partial charge on any atom is 0.407 e. The number of carbonyl (C=O) groups is 3. The molecule has 3 unspecified atom stereocenters. The van der Waals surface area contributed by atoms with Gasteiger partial charge in [-0.1, -0.05) is 6.07 Å². The molecule has 0 radical (unpaired) electrons. The Labute approximate surface area is 167 Å². The van der Waals surface area contributed by atoms with Crippen LogP contribution in [0.4, 0.5) is 19.7 Å². The lowest BCUT2D eigenvalue weighted by Gasteiger charge is -2.31. The van der Waals surface area contributed by atoms with Gasteiger partial charge in [0.2, 0.25) is 5.91 Å². The van der Waals surface area contributed by atoms with Crippen molar-refractivity contribution in [1.29, 1.82) is 0 Å². The molecule has 0 bridgehead atoms. The normalized spacial score (nSPS) is 23.1. The molecule has 4 N–H and O–H groups in total. The zero-order valence-electron chi connectivity index (χ0n) is 16.4. The van der Waals surface area contributed by atoms with E-state index < -0.39 is 35.4 Å². The van der Waals surface area contributed by atoms with Crippen molar-refractivity contribution in [2.45, 2.75) is 24.9 Å². The summed E-state index contributed by atoms with van der Waals surface area (Å²) in [5.74, 6) is -1.02. The number of benzene rings is 1. The lowest BCUT2D eigenvalue weighted by Crippen LogP contribution is -2.49. The average Bonchev–Trinajstić information content (AvgIpc) is 3.34. The molecule has 0 spiro atoms. The van der Waals surface area contributed by atoms with Gasteiger partial charge in [-0.25, -0.2) is 14.0 Å². The Kier molecular flexibility index (Phi) is 5.81. The molecule has 3 atom stereocenters. The number of nitrogens with two attached hydrogens (primary N) is 1. The summed E-state index contributed by atoms with van der Waals surface area (Å²) in [7, 11) is 1.30. The number of ether oxygens (including phenoxy) is 2. The van der Waals surface area contributed by atoms with Gasteiger partial charge in [0.25, 0.3) is 0 Å². The van der Waals surface area contributed by atoms with Gasteiger partial charge in [0.05, 0.1) is 19.3 Å². The first-order valence-electron chi connectivity index (χ1n) is 9.37. The number of primary amides is 1. The van der Waals surface area contributed by atoms with Gasteiger partial charge >= 0.3 is 12.2 Å². The van der Waals surface area contributed by atoms with Gasteiger partial charge in [0, 0.05) is 19.6 Å². The van der Waals surface area contributed by atoms with Crippen LogP contribution in [0.1, 0.15) is 18.9 Å². The standard InChI is InChI=1S/C19H25FN4O5/c1-19(16(21)25,15-9-23-18(27)29-15)12-3-4-14(13(20)7-12)24-6-5-11(10-24)8-22-17(26)28-2/h3-4,7,11,15H,5-6,8-10H2,1-2H3,(H2,21,25)(H,22,26)(H,23,27). The predicted octanol–water partition coefficient (Wildman–Crippen LogP) is 0.859. The van der Waals surface area contributed by atoms with E-state index in [2.05, 4.69) is 15.4 Å². The number of nitrogens with one attached hydrogen (secondary N) is 2. The molecule has 10 heteroatoms. The Hall–Kier alpha value is -3.04. The second-order valence-electron chi connectivity index (χ2n) is 7.48. The molecule has 0 aliphatic carbocycles. The quantitative estimate of drug-likeness (QED) is 0.642. The van der Waals surface area contributed by atoms with Crippen molar-refractivity contribution in [3.63, 3.8) is 0 Å². The Bertz CT molecular complexity index is 820. The topological polar surface area (TPSA) is 123 Å². The highest BCUT2D eigenvalue weighted by molar-refractivity contribution is 5.88. The van der Waals surface area contributed by atoms with E-state index in [1.165, 1.54) is 13.2 Å². The third kappa shape index (κ3) is 4.06. The molecule has 1 aromatic rings. The van der Waals surface area contributed by atoms with E-state index in [0.29, 0.717) is 30.9 Å². The number of anilines is 1. The van der Waals surface area contributed by atoms with E-state index >= 15 is 0 Å². The molecule has 2 heterocycles. The molecule has 2 aliphatic heterocycles. The number of nitrogens with zero attached hydrogens (tertiary/aromatic N) is 1. The van der Waals surface area contributed by atoms with Gasteiger partial charge in [-0.05, 0) is 37.0 Å². The van der Waals surface area contributed by atoms with Crippen LogP contribution < -0.4 is 21.3 Å². The van der Waals surface area contributed by atoms with Crippen LogP contribution >= 0.6 is 0 Å². The fourth-order valence-corrected chi connectivity index (χ4v) is 3.80. The molecule has 158 valence electrons. The number of halogens is 1. The maximum absolute atomic E-state index is 14.9. The van der Waals surface area contributed by atoms with Crippen molar-refractivity contribution < 1.29 is 28.2 Å². The molecule has 2 saturated heterocycles. The van der Waals surface area contributed by atoms with Crippen LogP contribution in [-0.2, 0) is 19.7 Å². The van der Waals surface area contributed by atoms with Crippen molar-refractivity contribution in [3.8, 4) is 0 Å². The lowest BCUT2D eigenvalue weighted by atomic mass is 9.76. The molecule has 3 amide bonds. The fourth-order valence-electron chi connectivity index (χ4n) is 3.80. The Balaban J connectivity index is 1.75. The average molecular weight is 408 g/mol. The second kappa shape index (κ2) is 8.14. The summed E-state index contributed by atoms with van der Waals surface area (Å²) >= 11 is 0. The maximum atomic E-state index is 14.9.